The van der Waals surface area contributed by atoms with Gasteiger partial charge >= 0.3 is 0 Å². The fraction of sp³-hybridized carbons (Fsp3) is 0.286. The van der Waals surface area contributed by atoms with E-state index in [0.717, 1.165) is 18.4 Å². The van der Waals surface area contributed by atoms with Crippen LogP contribution in [-0.2, 0) is 11.2 Å². The highest BCUT2D eigenvalue weighted by Crippen LogP contribution is 2.27. The minimum absolute atomic E-state index is 0.102. The first-order chi connectivity index (χ1) is 12.1. The molecule has 0 heterocycles. The SMILES string of the molecule is COc1ccc(C=CC(=O)NC(C)CCc2ccccc2)cc1OC. The van der Waals surface area contributed by atoms with Crippen molar-refractivity contribution in [3.8, 4) is 11.5 Å². The van der Waals surface area contributed by atoms with Crippen molar-refractivity contribution < 1.29 is 14.3 Å². The first-order valence-electron chi connectivity index (χ1n) is 8.37. The minimum Gasteiger partial charge on any atom is -0.493 e. The molecule has 0 saturated heterocycles. The molecule has 0 aromatic heterocycles. The largest absolute Gasteiger partial charge is 0.493 e. The molecule has 2 aromatic carbocycles. The average molecular weight is 339 g/mol. The van der Waals surface area contributed by atoms with Gasteiger partial charge in [0.15, 0.2) is 11.5 Å². The van der Waals surface area contributed by atoms with E-state index >= 15 is 0 Å². The van der Waals surface area contributed by atoms with Crippen molar-refractivity contribution in [3.05, 3.63) is 65.7 Å². The van der Waals surface area contributed by atoms with Crippen molar-refractivity contribution in [2.75, 3.05) is 14.2 Å². The highest BCUT2D eigenvalue weighted by Gasteiger charge is 2.06. The molecule has 2 aromatic rings. The highest BCUT2D eigenvalue weighted by atomic mass is 16.5. The molecule has 25 heavy (non-hydrogen) atoms. The summed E-state index contributed by atoms with van der Waals surface area (Å²) in [5.74, 6) is 1.20. The molecule has 1 unspecified atom stereocenters. The summed E-state index contributed by atoms with van der Waals surface area (Å²) in [6.45, 7) is 2.02. The normalized spacial score (nSPS) is 12.0. The second kappa shape index (κ2) is 9.52. The van der Waals surface area contributed by atoms with Crippen molar-refractivity contribution in [3.63, 3.8) is 0 Å². The summed E-state index contributed by atoms with van der Waals surface area (Å²) in [4.78, 5) is 12.1. The number of rotatable bonds is 8. The lowest BCUT2D eigenvalue weighted by molar-refractivity contribution is -0.117. The molecule has 0 saturated carbocycles. The van der Waals surface area contributed by atoms with Gasteiger partial charge in [0, 0.05) is 12.1 Å². The van der Waals surface area contributed by atoms with Crippen molar-refractivity contribution in [2.45, 2.75) is 25.8 Å². The number of carbonyl (C=O) groups is 1. The van der Waals surface area contributed by atoms with Gasteiger partial charge in [-0.05, 0) is 49.1 Å². The Labute approximate surface area is 149 Å². The van der Waals surface area contributed by atoms with E-state index in [1.165, 1.54) is 5.56 Å². The summed E-state index contributed by atoms with van der Waals surface area (Å²) in [7, 11) is 3.18. The van der Waals surface area contributed by atoms with E-state index in [9.17, 15) is 4.79 Å². The molecular formula is C21H25NO3. The Morgan fingerprint density at radius 3 is 2.48 bits per heavy atom. The highest BCUT2D eigenvalue weighted by molar-refractivity contribution is 5.92. The molecule has 0 radical (unpaired) electrons. The summed E-state index contributed by atoms with van der Waals surface area (Å²) in [5, 5.41) is 2.99. The van der Waals surface area contributed by atoms with Crippen LogP contribution in [-0.4, -0.2) is 26.2 Å². The van der Waals surface area contributed by atoms with Crippen molar-refractivity contribution in [2.24, 2.45) is 0 Å². The van der Waals surface area contributed by atoms with E-state index < -0.39 is 0 Å². The Hall–Kier alpha value is -2.75. The summed E-state index contributed by atoms with van der Waals surface area (Å²) in [6.07, 6.45) is 5.16. The maximum absolute atomic E-state index is 12.1. The number of benzene rings is 2. The van der Waals surface area contributed by atoms with Gasteiger partial charge in [0.05, 0.1) is 14.2 Å². The molecule has 1 amide bonds. The molecule has 0 aliphatic carbocycles. The fourth-order valence-electron chi connectivity index (χ4n) is 2.52. The third-order valence-corrected chi connectivity index (χ3v) is 3.93. The van der Waals surface area contributed by atoms with Crippen molar-refractivity contribution in [1.29, 1.82) is 0 Å². The predicted molar refractivity (Wildman–Crippen MR) is 101 cm³/mol. The molecule has 2 rings (SSSR count). The zero-order valence-corrected chi connectivity index (χ0v) is 15.0. The van der Waals surface area contributed by atoms with E-state index in [2.05, 4.69) is 17.4 Å². The van der Waals surface area contributed by atoms with Crippen LogP contribution < -0.4 is 14.8 Å². The van der Waals surface area contributed by atoms with E-state index in [4.69, 9.17) is 9.47 Å². The summed E-state index contributed by atoms with van der Waals surface area (Å²) in [6, 6.07) is 15.9. The second-order valence-electron chi connectivity index (χ2n) is 5.88. The van der Waals surface area contributed by atoms with Crippen LogP contribution in [0.1, 0.15) is 24.5 Å². The molecule has 0 aliphatic heterocycles. The van der Waals surface area contributed by atoms with Gasteiger partial charge < -0.3 is 14.8 Å². The number of hydrogen-bond acceptors (Lipinski definition) is 3. The molecule has 0 spiro atoms. The van der Waals surface area contributed by atoms with E-state index in [-0.39, 0.29) is 11.9 Å². The number of carbonyl (C=O) groups excluding carboxylic acids is 1. The Morgan fingerprint density at radius 1 is 1.08 bits per heavy atom. The third kappa shape index (κ3) is 5.99. The summed E-state index contributed by atoms with van der Waals surface area (Å²) >= 11 is 0. The number of amides is 1. The molecule has 132 valence electrons. The summed E-state index contributed by atoms with van der Waals surface area (Å²) in [5.41, 5.74) is 2.16. The van der Waals surface area contributed by atoms with Gasteiger partial charge in [-0.15, -0.1) is 0 Å². The number of ether oxygens (including phenoxy) is 2. The Morgan fingerprint density at radius 2 is 1.80 bits per heavy atom. The van der Waals surface area contributed by atoms with E-state index in [0.29, 0.717) is 11.5 Å². The van der Waals surface area contributed by atoms with Crippen molar-refractivity contribution in [1.82, 2.24) is 5.32 Å². The smallest absolute Gasteiger partial charge is 0.244 e. The first kappa shape index (κ1) is 18.6. The van der Waals surface area contributed by atoms with Crippen LogP contribution in [0.2, 0.25) is 0 Å². The van der Waals surface area contributed by atoms with Crippen LogP contribution in [0, 0.1) is 0 Å². The van der Waals surface area contributed by atoms with E-state index in [1.54, 1.807) is 26.4 Å². The molecule has 0 fully saturated rings. The van der Waals surface area contributed by atoms with Gasteiger partial charge in [-0.3, -0.25) is 4.79 Å². The lowest BCUT2D eigenvalue weighted by atomic mass is 10.1. The number of hydrogen-bond donors (Lipinski definition) is 1. The predicted octanol–water partition coefficient (Wildman–Crippen LogP) is 3.85. The summed E-state index contributed by atoms with van der Waals surface area (Å²) < 4.78 is 10.5. The number of methoxy groups -OCH3 is 2. The Bertz CT molecular complexity index is 710. The van der Waals surface area contributed by atoms with Gasteiger partial charge in [0.25, 0.3) is 0 Å². The molecule has 4 heteroatoms. The van der Waals surface area contributed by atoms with Gasteiger partial charge in [-0.1, -0.05) is 36.4 Å². The van der Waals surface area contributed by atoms with Gasteiger partial charge in [0.1, 0.15) is 0 Å². The minimum atomic E-state index is -0.102. The zero-order valence-electron chi connectivity index (χ0n) is 15.0. The van der Waals surface area contributed by atoms with Crippen LogP contribution in [0.25, 0.3) is 6.08 Å². The van der Waals surface area contributed by atoms with E-state index in [1.807, 2.05) is 43.3 Å². The number of aryl methyl sites for hydroxylation is 1. The third-order valence-electron chi connectivity index (χ3n) is 3.93. The quantitative estimate of drug-likeness (QED) is 0.743. The van der Waals surface area contributed by atoms with Crippen LogP contribution >= 0.6 is 0 Å². The monoisotopic (exact) mass is 339 g/mol. The maximum atomic E-state index is 12.1. The molecule has 1 N–H and O–H groups in total. The standard InChI is InChI=1S/C21H25NO3/c1-16(9-10-17-7-5-4-6-8-17)22-21(23)14-12-18-11-13-19(24-2)20(15-18)25-3/h4-8,11-16H,9-10H2,1-3H3,(H,22,23). The molecule has 0 bridgehead atoms. The van der Waals surface area contributed by atoms with Gasteiger partial charge in [-0.2, -0.15) is 0 Å². The van der Waals surface area contributed by atoms with Gasteiger partial charge in [-0.25, -0.2) is 0 Å². The number of nitrogens with one attached hydrogen (secondary N) is 1. The van der Waals surface area contributed by atoms with Crippen molar-refractivity contribution >= 4 is 12.0 Å². The Balaban J connectivity index is 1.85. The van der Waals surface area contributed by atoms with Crippen LogP contribution in [0.3, 0.4) is 0 Å². The topological polar surface area (TPSA) is 47.6 Å². The van der Waals surface area contributed by atoms with Gasteiger partial charge in [0.2, 0.25) is 5.91 Å². The fourth-order valence-corrected chi connectivity index (χ4v) is 2.52. The van der Waals surface area contributed by atoms with Crippen LogP contribution in [0.15, 0.2) is 54.6 Å². The molecular weight excluding hydrogens is 314 g/mol. The zero-order chi connectivity index (χ0) is 18.1. The first-order valence-corrected chi connectivity index (χ1v) is 8.37. The lowest BCUT2D eigenvalue weighted by Crippen LogP contribution is -2.31. The maximum Gasteiger partial charge on any atom is 0.244 e. The van der Waals surface area contributed by atoms with Crippen LogP contribution in [0.4, 0.5) is 0 Å². The Kier molecular flexibility index (Phi) is 7.08. The average Bonchev–Trinajstić information content (AvgIpc) is 2.65. The molecule has 0 aliphatic rings. The molecule has 4 nitrogen and oxygen atoms in total. The lowest BCUT2D eigenvalue weighted by Gasteiger charge is -2.12. The second-order valence-corrected chi connectivity index (χ2v) is 5.88. The molecule has 1 atom stereocenters. The van der Waals surface area contributed by atoms with Crippen LogP contribution in [0.5, 0.6) is 11.5 Å².